The predicted octanol–water partition coefficient (Wildman–Crippen LogP) is 6.06. The lowest BCUT2D eigenvalue weighted by atomic mass is 9.77. The zero-order valence-electron chi connectivity index (χ0n) is 11.7. The Balaban J connectivity index is 2.46. The van der Waals surface area contributed by atoms with E-state index in [2.05, 4.69) is 57.0 Å². The molecule has 2 rings (SSSR count). The number of aryl methyl sites for hydroxylation is 1. The minimum Gasteiger partial charge on any atom is -0.207 e. The molecule has 0 amide bonds. The summed E-state index contributed by atoms with van der Waals surface area (Å²) in [5.74, 6) is -0.303. The normalized spacial score (nSPS) is 11.7. The highest BCUT2D eigenvalue weighted by molar-refractivity contribution is 9.09. The minimum absolute atomic E-state index is 0.118. The second kappa shape index (κ2) is 7.26. The third-order valence-corrected chi connectivity index (χ3v) is 6.27. The lowest BCUT2D eigenvalue weighted by molar-refractivity contribution is 0.546. The summed E-state index contributed by atoms with van der Waals surface area (Å²) in [6.45, 7) is 2.11. The molecule has 0 aliphatic carbocycles. The SMILES string of the molecule is Cc1ccccc1C(CBr)(CBr)Cc1ccc(F)cc1Cl. The van der Waals surface area contributed by atoms with Gasteiger partial charge in [0, 0.05) is 21.1 Å². The molecule has 0 radical (unpaired) electrons. The molecule has 2 aromatic carbocycles. The van der Waals surface area contributed by atoms with E-state index in [4.69, 9.17) is 11.6 Å². The number of hydrogen-bond donors (Lipinski definition) is 0. The standard InChI is InChI=1S/C17H16Br2ClF/c1-12-4-2-3-5-15(12)17(10-18,11-19)9-13-6-7-14(21)8-16(13)20/h2-8H,9-11H2,1H3. The van der Waals surface area contributed by atoms with Crippen LogP contribution >= 0.6 is 43.5 Å². The van der Waals surface area contributed by atoms with Crippen LogP contribution in [0.5, 0.6) is 0 Å². The third kappa shape index (κ3) is 3.69. The van der Waals surface area contributed by atoms with E-state index in [1.54, 1.807) is 6.07 Å². The summed E-state index contributed by atoms with van der Waals surface area (Å²) >= 11 is 13.5. The molecule has 0 spiro atoms. The highest BCUT2D eigenvalue weighted by Crippen LogP contribution is 2.36. The number of benzene rings is 2. The lowest BCUT2D eigenvalue weighted by Gasteiger charge is -2.32. The second-order valence-electron chi connectivity index (χ2n) is 5.28. The first-order valence-corrected chi connectivity index (χ1v) is 9.26. The van der Waals surface area contributed by atoms with E-state index in [0.717, 1.165) is 22.6 Å². The van der Waals surface area contributed by atoms with Crippen molar-refractivity contribution < 1.29 is 4.39 Å². The number of rotatable bonds is 5. The number of hydrogen-bond acceptors (Lipinski definition) is 0. The van der Waals surface area contributed by atoms with Crippen LogP contribution in [0.2, 0.25) is 5.02 Å². The molecular formula is C17H16Br2ClF. The molecule has 0 fully saturated rings. The Hall–Kier alpha value is -0.380. The van der Waals surface area contributed by atoms with Gasteiger partial charge in [-0.3, -0.25) is 0 Å². The molecule has 0 saturated carbocycles. The van der Waals surface area contributed by atoms with Gasteiger partial charge in [-0.2, -0.15) is 0 Å². The van der Waals surface area contributed by atoms with E-state index in [1.807, 2.05) is 6.07 Å². The van der Waals surface area contributed by atoms with E-state index in [-0.39, 0.29) is 11.2 Å². The van der Waals surface area contributed by atoms with Crippen LogP contribution < -0.4 is 0 Å². The van der Waals surface area contributed by atoms with Gasteiger partial charge in [-0.1, -0.05) is 73.8 Å². The van der Waals surface area contributed by atoms with Gasteiger partial charge in [0.05, 0.1) is 0 Å². The largest absolute Gasteiger partial charge is 0.207 e. The maximum atomic E-state index is 13.2. The van der Waals surface area contributed by atoms with Gasteiger partial charge in [-0.25, -0.2) is 4.39 Å². The first-order valence-electron chi connectivity index (χ1n) is 6.64. The van der Waals surface area contributed by atoms with Crippen LogP contribution in [0.1, 0.15) is 16.7 Å². The number of halogens is 4. The Morgan fingerprint density at radius 3 is 2.33 bits per heavy atom. The quantitative estimate of drug-likeness (QED) is 0.502. The summed E-state index contributed by atoms with van der Waals surface area (Å²) in [6.07, 6.45) is 0.744. The van der Waals surface area contributed by atoms with Crippen molar-refractivity contribution in [3.8, 4) is 0 Å². The van der Waals surface area contributed by atoms with Crippen LogP contribution in [0.3, 0.4) is 0 Å². The monoisotopic (exact) mass is 432 g/mol. The fourth-order valence-electron chi connectivity index (χ4n) is 2.57. The molecule has 112 valence electrons. The molecule has 0 heterocycles. The first kappa shape index (κ1) is 17.0. The van der Waals surface area contributed by atoms with Gasteiger partial charge in [-0.15, -0.1) is 0 Å². The smallest absolute Gasteiger partial charge is 0.124 e. The molecule has 0 bridgehead atoms. The lowest BCUT2D eigenvalue weighted by Crippen LogP contribution is -2.34. The van der Waals surface area contributed by atoms with Crippen molar-refractivity contribution in [3.63, 3.8) is 0 Å². The Labute approximate surface area is 147 Å². The summed E-state index contributed by atoms with van der Waals surface area (Å²) in [6, 6.07) is 13.0. The minimum atomic E-state index is -0.303. The second-order valence-corrected chi connectivity index (χ2v) is 6.80. The molecule has 21 heavy (non-hydrogen) atoms. The van der Waals surface area contributed by atoms with Crippen LogP contribution in [0.25, 0.3) is 0 Å². The van der Waals surface area contributed by atoms with Gasteiger partial charge >= 0.3 is 0 Å². The molecule has 4 heteroatoms. The molecular weight excluding hydrogens is 418 g/mol. The van der Waals surface area contributed by atoms with Crippen LogP contribution in [0.4, 0.5) is 4.39 Å². The maximum absolute atomic E-state index is 13.2. The van der Waals surface area contributed by atoms with Crippen molar-refractivity contribution in [2.75, 3.05) is 10.7 Å². The van der Waals surface area contributed by atoms with Gasteiger partial charge in [0.15, 0.2) is 0 Å². The zero-order valence-corrected chi connectivity index (χ0v) is 15.6. The molecule has 0 aliphatic rings. The highest BCUT2D eigenvalue weighted by atomic mass is 79.9. The van der Waals surface area contributed by atoms with Gasteiger partial charge in [0.1, 0.15) is 5.82 Å². The van der Waals surface area contributed by atoms with Gasteiger partial charge in [0.2, 0.25) is 0 Å². The van der Waals surface area contributed by atoms with Gasteiger partial charge in [0.25, 0.3) is 0 Å². The summed E-state index contributed by atoms with van der Waals surface area (Å²) < 4.78 is 13.2. The van der Waals surface area contributed by atoms with Crippen molar-refractivity contribution in [3.05, 3.63) is 70.0 Å². The van der Waals surface area contributed by atoms with E-state index in [1.165, 1.54) is 23.3 Å². The van der Waals surface area contributed by atoms with Crippen LogP contribution in [0, 0.1) is 12.7 Å². The summed E-state index contributed by atoms with van der Waals surface area (Å²) in [5, 5.41) is 2.07. The summed E-state index contributed by atoms with van der Waals surface area (Å²) in [5.41, 5.74) is 3.36. The molecule has 2 aromatic rings. The zero-order chi connectivity index (χ0) is 15.5. The van der Waals surface area contributed by atoms with Crippen molar-refractivity contribution in [2.24, 2.45) is 0 Å². The van der Waals surface area contributed by atoms with E-state index < -0.39 is 0 Å². The van der Waals surface area contributed by atoms with E-state index >= 15 is 0 Å². The maximum Gasteiger partial charge on any atom is 0.124 e. The van der Waals surface area contributed by atoms with E-state index in [9.17, 15) is 4.39 Å². The van der Waals surface area contributed by atoms with E-state index in [0.29, 0.717) is 5.02 Å². The third-order valence-electron chi connectivity index (χ3n) is 3.77. The van der Waals surface area contributed by atoms with Crippen molar-refractivity contribution >= 4 is 43.5 Å². The Morgan fingerprint density at radius 1 is 1.10 bits per heavy atom. The van der Waals surface area contributed by atoms with Crippen molar-refractivity contribution in [2.45, 2.75) is 18.8 Å². The molecule has 0 nitrogen and oxygen atoms in total. The Morgan fingerprint density at radius 2 is 1.76 bits per heavy atom. The van der Waals surface area contributed by atoms with Crippen molar-refractivity contribution in [1.29, 1.82) is 0 Å². The van der Waals surface area contributed by atoms with Crippen LogP contribution in [-0.4, -0.2) is 10.7 Å². The average molecular weight is 435 g/mol. The van der Waals surface area contributed by atoms with Crippen LogP contribution in [0.15, 0.2) is 42.5 Å². The van der Waals surface area contributed by atoms with Gasteiger partial charge < -0.3 is 0 Å². The molecule has 0 N–H and O–H groups in total. The molecule has 0 atom stereocenters. The summed E-state index contributed by atoms with van der Waals surface area (Å²) in [4.78, 5) is 0. The fourth-order valence-corrected chi connectivity index (χ4v) is 4.73. The van der Waals surface area contributed by atoms with Crippen molar-refractivity contribution in [1.82, 2.24) is 0 Å². The molecule has 0 aromatic heterocycles. The van der Waals surface area contributed by atoms with Gasteiger partial charge in [-0.05, 0) is 42.2 Å². The Kier molecular flexibility index (Phi) is 5.87. The topological polar surface area (TPSA) is 0 Å². The number of alkyl halides is 2. The fraction of sp³-hybridized carbons (Fsp3) is 0.294. The average Bonchev–Trinajstić information content (AvgIpc) is 2.48. The predicted molar refractivity (Wildman–Crippen MR) is 95.6 cm³/mol. The molecule has 0 unspecified atom stereocenters. The van der Waals surface area contributed by atoms with Crippen LogP contribution in [-0.2, 0) is 11.8 Å². The molecule has 0 aliphatic heterocycles. The molecule has 0 saturated heterocycles. The summed E-state index contributed by atoms with van der Waals surface area (Å²) in [7, 11) is 0. The first-order chi connectivity index (χ1) is 10.0. The highest BCUT2D eigenvalue weighted by Gasteiger charge is 2.32. The Bertz CT molecular complexity index is 624.